The second-order valence-electron chi connectivity index (χ2n) is 6.93. The number of amides is 2. The third kappa shape index (κ3) is 4.23. The van der Waals surface area contributed by atoms with Gasteiger partial charge in [-0.1, -0.05) is 13.8 Å². The summed E-state index contributed by atoms with van der Waals surface area (Å²) in [5, 5.41) is 3.17. The van der Waals surface area contributed by atoms with Gasteiger partial charge in [-0.2, -0.15) is 0 Å². The molecule has 1 aliphatic heterocycles. The van der Waals surface area contributed by atoms with Crippen molar-refractivity contribution < 1.29 is 14.3 Å². The van der Waals surface area contributed by atoms with Crippen molar-refractivity contribution in [3.63, 3.8) is 0 Å². The van der Waals surface area contributed by atoms with Gasteiger partial charge in [0.1, 0.15) is 0 Å². The topological polar surface area (TPSA) is 58.6 Å². The van der Waals surface area contributed by atoms with E-state index in [-0.39, 0.29) is 23.8 Å². The summed E-state index contributed by atoms with van der Waals surface area (Å²) in [4.78, 5) is 29.2. The SMILES string of the molecule is CCC(CC)NC(=O)[C@H]1CCc2sc(C(=O)N3CCOCC3)cc2C1. The molecule has 6 heteroatoms. The van der Waals surface area contributed by atoms with Crippen LogP contribution in [-0.4, -0.2) is 49.1 Å². The van der Waals surface area contributed by atoms with Crippen molar-refractivity contribution in [2.75, 3.05) is 26.3 Å². The molecule has 0 bridgehead atoms. The molecule has 0 spiro atoms. The van der Waals surface area contributed by atoms with Crippen molar-refractivity contribution in [3.8, 4) is 0 Å². The Kier molecular flexibility index (Phi) is 6.12. The molecule has 2 heterocycles. The molecule has 138 valence electrons. The number of carbonyl (C=O) groups excluding carboxylic acids is 2. The zero-order valence-electron chi connectivity index (χ0n) is 15.2. The molecule has 2 aliphatic rings. The summed E-state index contributed by atoms with van der Waals surface area (Å²) < 4.78 is 5.32. The fourth-order valence-corrected chi connectivity index (χ4v) is 4.76. The Morgan fingerprint density at radius 2 is 2.04 bits per heavy atom. The largest absolute Gasteiger partial charge is 0.378 e. The van der Waals surface area contributed by atoms with Gasteiger partial charge in [0, 0.05) is 29.9 Å². The van der Waals surface area contributed by atoms with Gasteiger partial charge >= 0.3 is 0 Å². The Labute approximate surface area is 153 Å². The van der Waals surface area contributed by atoms with Crippen LogP contribution < -0.4 is 5.32 Å². The molecule has 1 atom stereocenters. The first-order valence-corrected chi connectivity index (χ1v) is 10.2. The maximum Gasteiger partial charge on any atom is 0.264 e. The molecule has 5 nitrogen and oxygen atoms in total. The number of nitrogens with zero attached hydrogens (tertiary/aromatic N) is 1. The molecule has 1 aromatic heterocycles. The summed E-state index contributed by atoms with van der Waals surface area (Å²) in [7, 11) is 0. The monoisotopic (exact) mass is 364 g/mol. The van der Waals surface area contributed by atoms with E-state index in [0.29, 0.717) is 26.3 Å². The number of nitrogens with one attached hydrogen (secondary N) is 1. The highest BCUT2D eigenvalue weighted by Crippen LogP contribution is 2.33. The maximum atomic E-state index is 12.7. The van der Waals surface area contributed by atoms with Crippen molar-refractivity contribution in [3.05, 3.63) is 21.4 Å². The average molecular weight is 365 g/mol. The summed E-state index contributed by atoms with van der Waals surface area (Å²) in [6.45, 7) is 6.79. The lowest BCUT2D eigenvalue weighted by molar-refractivity contribution is -0.126. The first kappa shape index (κ1) is 18.4. The average Bonchev–Trinajstić information content (AvgIpc) is 3.09. The summed E-state index contributed by atoms with van der Waals surface area (Å²) in [6.07, 6.45) is 4.48. The normalized spacial score (nSPS) is 20.4. The molecule has 0 aromatic carbocycles. The van der Waals surface area contributed by atoms with Crippen LogP contribution in [-0.2, 0) is 22.4 Å². The molecule has 1 fully saturated rings. The van der Waals surface area contributed by atoms with Crippen LogP contribution in [0.4, 0.5) is 0 Å². The molecule has 25 heavy (non-hydrogen) atoms. The van der Waals surface area contributed by atoms with Gasteiger partial charge in [-0.05, 0) is 43.7 Å². The lowest BCUT2D eigenvalue weighted by Crippen LogP contribution is -2.40. The second kappa shape index (κ2) is 8.32. The van der Waals surface area contributed by atoms with E-state index in [1.165, 1.54) is 10.4 Å². The van der Waals surface area contributed by atoms with Crippen LogP contribution in [0.3, 0.4) is 0 Å². The predicted molar refractivity (Wildman–Crippen MR) is 99.1 cm³/mol. The van der Waals surface area contributed by atoms with Crippen molar-refractivity contribution in [1.82, 2.24) is 10.2 Å². The minimum atomic E-state index is 0.0361. The third-order valence-electron chi connectivity index (χ3n) is 5.29. The lowest BCUT2D eigenvalue weighted by atomic mass is 9.87. The van der Waals surface area contributed by atoms with Gasteiger partial charge in [0.05, 0.1) is 18.1 Å². The minimum absolute atomic E-state index is 0.0361. The number of ether oxygens (including phenoxy) is 1. The van der Waals surface area contributed by atoms with E-state index in [4.69, 9.17) is 4.74 Å². The van der Waals surface area contributed by atoms with Crippen molar-refractivity contribution in [2.24, 2.45) is 5.92 Å². The van der Waals surface area contributed by atoms with E-state index in [0.717, 1.165) is 37.0 Å². The van der Waals surface area contributed by atoms with E-state index >= 15 is 0 Å². The Morgan fingerprint density at radius 1 is 1.32 bits per heavy atom. The van der Waals surface area contributed by atoms with Gasteiger partial charge in [0.15, 0.2) is 0 Å². The number of aryl methyl sites for hydroxylation is 1. The molecule has 1 saturated heterocycles. The van der Waals surface area contributed by atoms with Gasteiger partial charge in [-0.25, -0.2) is 0 Å². The number of hydrogen-bond acceptors (Lipinski definition) is 4. The van der Waals surface area contributed by atoms with Crippen LogP contribution in [0.15, 0.2) is 6.07 Å². The van der Waals surface area contributed by atoms with Crippen LogP contribution in [0.25, 0.3) is 0 Å². The number of rotatable bonds is 5. The van der Waals surface area contributed by atoms with Crippen LogP contribution in [0, 0.1) is 5.92 Å². The van der Waals surface area contributed by atoms with Crippen LogP contribution in [0.2, 0.25) is 0 Å². The van der Waals surface area contributed by atoms with Crippen LogP contribution in [0.1, 0.15) is 53.2 Å². The van der Waals surface area contributed by atoms with Gasteiger partial charge in [0.25, 0.3) is 5.91 Å². The maximum absolute atomic E-state index is 12.7. The van der Waals surface area contributed by atoms with E-state index in [9.17, 15) is 9.59 Å². The minimum Gasteiger partial charge on any atom is -0.378 e. The highest BCUT2D eigenvalue weighted by molar-refractivity contribution is 7.14. The number of fused-ring (bicyclic) bond motifs is 1. The molecule has 0 unspecified atom stereocenters. The number of thiophene rings is 1. The zero-order chi connectivity index (χ0) is 17.8. The van der Waals surface area contributed by atoms with Gasteiger partial charge in [-0.3, -0.25) is 9.59 Å². The molecule has 3 rings (SSSR count). The molecule has 1 aliphatic carbocycles. The van der Waals surface area contributed by atoms with E-state index < -0.39 is 0 Å². The smallest absolute Gasteiger partial charge is 0.264 e. The Bertz CT molecular complexity index is 618. The molecule has 0 saturated carbocycles. The highest BCUT2D eigenvalue weighted by atomic mass is 32.1. The van der Waals surface area contributed by atoms with E-state index in [1.807, 2.05) is 11.0 Å². The summed E-state index contributed by atoms with van der Waals surface area (Å²) in [6, 6.07) is 2.30. The van der Waals surface area contributed by atoms with Crippen molar-refractivity contribution in [1.29, 1.82) is 0 Å². The second-order valence-corrected chi connectivity index (χ2v) is 8.06. The van der Waals surface area contributed by atoms with E-state index in [1.54, 1.807) is 11.3 Å². The first-order valence-electron chi connectivity index (χ1n) is 9.41. The van der Waals surface area contributed by atoms with E-state index in [2.05, 4.69) is 19.2 Å². The molecular weight excluding hydrogens is 336 g/mol. The fraction of sp³-hybridized carbons (Fsp3) is 0.684. The predicted octanol–water partition coefficient (Wildman–Crippen LogP) is 2.63. The summed E-state index contributed by atoms with van der Waals surface area (Å²) in [5.74, 6) is 0.321. The van der Waals surface area contributed by atoms with Crippen molar-refractivity contribution in [2.45, 2.75) is 52.0 Å². The molecule has 2 amide bonds. The van der Waals surface area contributed by atoms with Gasteiger partial charge in [-0.15, -0.1) is 11.3 Å². The Balaban J connectivity index is 1.64. The fourth-order valence-electron chi connectivity index (χ4n) is 3.59. The quantitative estimate of drug-likeness (QED) is 0.874. The number of carbonyl (C=O) groups is 2. The van der Waals surface area contributed by atoms with Crippen LogP contribution in [0.5, 0.6) is 0 Å². The first-order chi connectivity index (χ1) is 12.1. The summed E-state index contributed by atoms with van der Waals surface area (Å²) in [5.41, 5.74) is 1.19. The third-order valence-corrected chi connectivity index (χ3v) is 6.52. The Morgan fingerprint density at radius 3 is 2.72 bits per heavy atom. The number of morpholine rings is 1. The highest BCUT2D eigenvalue weighted by Gasteiger charge is 2.29. The Hall–Kier alpha value is -1.40. The molecule has 0 radical (unpaired) electrons. The summed E-state index contributed by atoms with van der Waals surface area (Å²) >= 11 is 1.61. The zero-order valence-corrected chi connectivity index (χ0v) is 16.0. The van der Waals surface area contributed by atoms with Crippen LogP contribution >= 0.6 is 11.3 Å². The van der Waals surface area contributed by atoms with Gasteiger partial charge < -0.3 is 15.0 Å². The molecular formula is C19H28N2O3S. The van der Waals surface area contributed by atoms with Gasteiger partial charge in [0.2, 0.25) is 5.91 Å². The molecule has 1 N–H and O–H groups in total. The van der Waals surface area contributed by atoms with Crippen molar-refractivity contribution >= 4 is 23.2 Å². The molecule has 1 aromatic rings. The lowest BCUT2D eigenvalue weighted by Gasteiger charge is -2.26. The number of hydrogen-bond donors (Lipinski definition) is 1. The standard InChI is InChI=1S/C19H28N2O3S/c1-3-15(4-2)20-18(22)13-5-6-16-14(11-13)12-17(25-16)19(23)21-7-9-24-10-8-21/h12-13,15H,3-11H2,1-2H3,(H,20,22)/t13-/m0/s1.